The molecule has 210 valence electrons. The van der Waals surface area contributed by atoms with Gasteiger partial charge in [-0.15, -0.1) is 11.3 Å². The Morgan fingerprint density at radius 1 is 0.738 bits per heavy atom. The highest BCUT2D eigenvalue weighted by atomic mass is 32.1. The van der Waals surface area contributed by atoms with Gasteiger partial charge in [0.1, 0.15) is 5.82 Å². The Labute approximate surface area is 248 Å². The first-order valence-electron chi connectivity index (χ1n) is 14.2. The number of aromatic nitrogens is 3. The fraction of sp³-hybridized carbons (Fsp3) is 0.212. The number of carbonyl (C=O) groups excluding carboxylic acids is 2. The summed E-state index contributed by atoms with van der Waals surface area (Å²) < 4.78 is 0. The number of hydrogen-bond donors (Lipinski definition) is 1. The first kappa shape index (κ1) is 26.3. The van der Waals surface area contributed by atoms with E-state index < -0.39 is 0 Å². The topological polar surface area (TPSA) is 85.4 Å². The third-order valence-corrected chi connectivity index (χ3v) is 8.86. The number of carbonyl (C=O) groups is 2. The van der Waals surface area contributed by atoms with Crippen LogP contribution >= 0.6 is 11.3 Å². The molecule has 2 aliphatic heterocycles. The Morgan fingerprint density at radius 3 is 2.05 bits per heavy atom. The molecule has 2 amide bonds. The third kappa shape index (κ3) is 5.13. The fourth-order valence-corrected chi connectivity index (χ4v) is 6.29. The van der Waals surface area contributed by atoms with E-state index in [2.05, 4.69) is 39.1 Å². The van der Waals surface area contributed by atoms with E-state index in [4.69, 9.17) is 4.98 Å². The molecule has 2 aromatic heterocycles. The Balaban J connectivity index is 0.994. The molecule has 8 nitrogen and oxygen atoms in total. The molecular formula is C33H30N6O2S. The lowest BCUT2D eigenvalue weighted by atomic mass is 10.0. The molecule has 0 bridgehead atoms. The highest BCUT2D eigenvalue weighted by molar-refractivity contribution is 7.11. The average Bonchev–Trinajstić information content (AvgIpc) is 3.73. The summed E-state index contributed by atoms with van der Waals surface area (Å²) in [5.74, 6) is 0.827. The van der Waals surface area contributed by atoms with Crippen molar-refractivity contribution in [2.75, 3.05) is 39.3 Å². The number of aromatic amines is 1. The van der Waals surface area contributed by atoms with Gasteiger partial charge >= 0.3 is 0 Å². The molecular weight excluding hydrogens is 544 g/mol. The number of nitrogens with one attached hydrogen (secondary N) is 1. The molecule has 0 spiro atoms. The van der Waals surface area contributed by atoms with Crippen LogP contribution in [-0.2, 0) is 0 Å². The predicted octanol–water partition coefficient (Wildman–Crippen LogP) is 5.15. The lowest BCUT2D eigenvalue weighted by Gasteiger charge is -2.48. The monoisotopic (exact) mass is 574 g/mol. The van der Waals surface area contributed by atoms with Crippen molar-refractivity contribution >= 4 is 23.2 Å². The molecule has 0 aliphatic carbocycles. The lowest BCUT2D eigenvalue weighted by molar-refractivity contribution is 0.00853. The number of amides is 2. The number of likely N-dealkylation sites (tertiary alicyclic amines) is 1. The van der Waals surface area contributed by atoms with E-state index in [0.29, 0.717) is 42.8 Å². The highest BCUT2D eigenvalue weighted by Gasteiger charge is 2.37. The van der Waals surface area contributed by atoms with Crippen LogP contribution in [0, 0.1) is 0 Å². The van der Waals surface area contributed by atoms with Gasteiger partial charge in [0, 0.05) is 79.1 Å². The van der Waals surface area contributed by atoms with Crippen LogP contribution in [0.25, 0.3) is 33.9 Å². The molecule has 1 N–H and O–H groups in total. The first-order chi connectivity index (χ1) is 20.6. The molecule has 0 unspecified atom stereocenters. The smallest absolute Gasteiger partial charge is 0.282 e. The predicted molar refractivity (Wildman–Crippen MR) is 164 cm³/mol. The number of nitrogens with zero attached hydrogens (tertiary/aromatic N) is 5. The SMILES string of the molecule is O=C(c1ccc(-c2nc(-c3ccccc3)c(-c3ccccc3)[nH]2)cc1)N1CC(N2CCN(C(=O)c3nccs3)CC2)C1. The van der Waals surface area contributed by atoms with Crippen molar-refractivity contribution in [3.8, 4) is 33.9 Å². The molecule has 7 rings (SSSR count). The van der Waals surface area contributed by atoms with E-state index in [1.54, 1.807) is 6.20 Å². The van der Waals surface area contributed by atoms with Gasteiger partial charge in [0.05, 0.1) is 11.4 Å². The molecule has 0 atom stereocenters. The molecule has 2 aliphatic rings. The van der Waals surface area contributed by atoms with Gasteiger partial charge in [-0.3, -0.25) is 14.5 Å². The number of benzene rings is 3. The van der Waals surface area contributed by atoms with Crippen molar-refractivity contribution < 1.29 is 9.59 Å². The molecule has 5 aromatic rings. The van der Waals surface area contributed by atoms with Crippen LogP contribution in [0.15, 0.2) is 96.5 Å². The number of piperazine rings is 1. The van der Waals surface area contributed by atoms with Crippen molar-refractivity contribution in [3.63, 3.8) is 0 Å². The van der Waals surface area contributed by atoms with E-state index >= 15 is 0 Å². The summed E-state index contributed by atoms with van der Waals surface area (Å²) in [7, 11) is 0. The second-order valence-electron chi connectivity index (χ2n) is 10.6. The van der Waals surface area contributed by atoms with Gasteiger partial charge < -0.3 is 14.8 Å². The Morgan fingerprint density at radius 2 is 1.40 bits per heavy atom. The number of rotatable bonds is 6. The molecule has 0 radical (unpaired) electrons. The van der Waals surface area contributed by atoms with Crippen LogP contribution in [0.5, 0.6) is 0 Å². The zero-order valence-corrected chi connectivity index (χ0v) is 23.8. The van der Waals surface area contributed by atoms with Crippen molar-refractivity contribution in [2.45, 2.75) is 6.04 Å². The van der Waals surface area contributed by atoms with E-state index in [1.807, 2.05) is 75.8 Å². The van der Waals surface area contributed by atoms with Crippen LogP contribution in [0.3, 0.4) is 0 Å². The van der Waals surface area contributed by atoms with Crippen LogP contribution in [0.1, 0.15) is 20.2 Å². The third-order valence-electron chi connectivity index (χ3n) is 8.10. The molecule has 2 saturated heterocycles. The van der Waals surface area contributed by atoms with Crippen LogP contribution in [-0.4, -0.2) is 86.8 Å². The van der Waals surface area contributed by atoms with Gasteiger partial charge in [0.25, 0.3) is 11.8 Å². The van der Waals surface area contributed by atoms with Crippen molar-refractivity contribution in [1.29, 1.82) is 0 Å². The molecule has 3 aromatic carbocycles. The summed E-state index contributed by atoms with van der Waals surface area (Å²) in [4.78, 5) is 44.6. The van der Waals surface area contributed by atoms with Gasteiger partial charge in [-0.2, -0.15) is 0 Å². The maximum absolute atomic E-state index is 13.2. The maximum atomic E-state index is 13.2. The Kier molecular flexibility index (Phi) is 7.11. The summed E-state index contributed by atoms with van der Waals surface area (Å²) >= 11 is 1.38. The maximum Gasteiger partial charge on any atom is 0.282 e. The second-order valence-corrected chi connectivity index (χ2v) is 11.5. The van der Waals surface area contributed by atoms with Crippen LogP contribution in [0.4, 0.5) is 0 Å². The summed E-state index contributed by atoms with van der Waals surface area (Å²) in [6.07, 6.45) is 1.67. The molecule has 4 heterocycles. The lowest BCUT2D eigenvalue weighted by Crippen LogP contribution is -2.64. The standard InChI is InChI=1S/C33H30N6O2S/c40-32(39-21-27(22-39)37-16-18-38(19-17-37)33(41)31-34-15-20-42-31)26-13-11-25(12-14-26)30-35-28(23-7-3-1-4-8-23)29(36-30)24-9-5-2-6-10-24/h1-15,20,27H,16-19,21-22H2,(H,35,36). The summed E-state index contributed by atoms with van der Waals surface area (Å²) in [5.41, 5.74) is 5.59. The molecule has 0 saturated carbocycles. The summed E-state index contributed by atoms with van der Waals surface area (Å²) in [6, 6.07) is 28.4. The Bertz CT molecular complexity index is 1610. The zero-order chi connectivity index (χ0) is 28.5. The molecule has 42 heavy (non-hydrogen) atoms. The number of hydrogen-bond acceptors (Lipinski definition) is 6. The number of H-pyrrole nitrogens is 1. The summed E-state index contributed by atoms with van der Waals surface area (Å²) in [6.45, 7) is 4.43. The molecule has 2 fully saturated rings. The fourth-order valence-electron chi connectivity index (χ4n) is 5.69. The van der Waals surface area contributed by atoms with Gasteiger partial charge in [0.15, 0.2) is 5.01 Å². The average molecular weight is 575 g/mol. The zero-order valence-electron chi connectivity index (χ0n) is 23.0. The van der Waals surface area contributed by atoms with Gasteiger partial charge in [-0.05, 0) is 12.1 Å². The van der Waals surface area contributed by atoms with Gasteiger partial charge in [-0.25, -0.2) is 9.97 Å². The second kappa shape index (κ2) is 11.3. The summed E-state index contributed by atoms with van der Waals surface area (Å²) in [5, 5.41) is 2.38. The van der Waals surface area contributed by atoms with Crippen LogP contribution in [0.2, 0.25) is 0 Å². The van der Waals surface area contributed by atoms with Crippen LogP contribution < -0.4 is 0 Å². The van der Waals surface area contributed by atoms with Gasteiger partial charge in [0.2, 0.25) is 0 Å². The van der Waals surface area contributed by atoms with E-state index in [9.17, 15) is 9.59 Å². The van der Waals surface area contributed by atoms with Crippen molar-refractivity contribution in [3.05, 3.63) is 107 Å². The van der Waals surface area contributed by atoms with E-state index in [-0.39, 0.29) is 11.8 Å². The quantitative estimate of drug-likeness (QED) is 0.303. The van der Waals surface area contributed by atoms with Crippen molar-refractivity contribution in [2.24, 2.45) is 0 Å². The minimum atomic E-state index is 0.0145. The minimum Gasteiger partial charge on any atom is -0.337 e. The van der Waals surface area contributed by atoms with E-state index in [0.717, 1.165) is 47.0 Å². The first-order valence-corrected chi connectivity index (χ1v) is 15.1. The number of thiazole rings is 1. The van der Waals surface area contributed by atoms with Crippen molar-refractivity contribution in [1.82, 2.24) is 29.7 Å². The Hall–Kier alpha value is -4.60. The van der Waals surface area contributed by atoms with Gasteiger partial charge in [-0.1, -0.05) is 72.8 Å². The molecule has 9 heteroatoms. The largest absolute Gasteiger partial charge is 0.337 e. The normalized spacial score (nSPS) is 15.9. The number of imidazole rings is 1. The van der Waals surface area contributed by atoms with E-state index in [1.165, 1.54) is 11.3 Å². The minimum absolute atomic E-state index is 0.0145. The highest BCUT2D eigenvalue weighted by Crippen LogP contribution is 2.33.